The summed E-state index contributed by atoms with van der Waals surface area (Å²) in [6.45, 7) is 3.53. The lowest BCUT2D eigenvalue weighted by atomic mass is 10.0. The van der Waals surface area contributed by atoms with Gasteiger partial charge in [0.1, 0.15) is 0 Å². The number of ether oxygens (including phenoxy) is 1. The van der Waals surface area contributed by atoms with E-state index in [0.717, 1.165) is 0 Å². The average molecular weight is 366 g/mol. The van der Waals surface area contributed by atoms with Crippen molar-refractivity contribution in [1.29, 1.82) is 0 Å². The predicted molar refractivity (Wildman–Crippen MR) is 97.1 cm³/mol. The minimum Gasteiger partial charge on any atom is -0.462 e. The van der Waals surface area contributed by atoms with Crippen LogP contribution in [-0.2, 0) is 4.74 Å². The van der Waals surface area contributed by atoms with E-state index in [1.165, 1.54) is 25.1 Å². The van der Waals surface area contributed by atoms with Crippen molar-refractivity contribution < 1.29 is 23.8 Å². The summed E-state index contributed by atoms with van der Waals surface area (Å²) in [5.41, 5.74) is 0.154. The zero-order valence-electron chi connectivity index (χ0n) is 15.0. The molecule has 0 saturated heterocycles. The highest BCUT2D eigenvalue weighted by Crippen LogP contribution is 2.38. The molecule has 2 aromatic carbocycles. The number of esters is 1. The number of carbonyl (C=O) groups excluding carboxylic acids is 2. The minimum atomic E-state index is -0.590. The summed E-state index contributed by atoms with van der Waals surface area (Å²) in [6.07, 6.45) is 0.663. The highest BCUT2D eigenvalue weighted by atomic mass is 16.5. The summed E-state index contributed by atoms with van der Waals surface area (Å²) in [6, 6.07) is 12.3. The van der Waals surface area contributed by atoms with Crippen LogP contribution in [0.25, 0.3) is 0 Å². The van der Waals surface area contributed by atoms with Gasteiger partial charge in [0.25, 0.3) is 5.78 Å². The molecule has 1 aliphatic rings. The maximum atomic E-state index is 12.9. The van der Waals surface area contributed by atoms with Crippen LogP contribution in [0.4, 0.5) is 11.4 Å². The molecule has 0 aliphatic carbocycles. The average Bonchev–Trinajstić information content (AvgIpc) is 2.70. The van der Waals surface area contributed by atoms with Gasteiger partial charge >= 0.3 is 28.7 Å². The van der Waals surface area contributed by atoms with Crippen molar-refractivity contribution in [1.82, 2.24) is 0 Å². The van der Waals surface area contributed by atoms with Crippen LogP contribution in [0, 0.1) is 9.81 Å². The lowest BCUT2D eigenvalue weighted by molar-refractivity contribution is -0.483. The van der Waals surface area contributed by atoms with Crippen molar-refractivity contribution in [3.63, 3.8) is 0 Å². The Morgan fingerprint density at radius 2 is 1.63 bits per heavy atom. The Morgan fingerprint density at radius 3 is 2.30 bits per heavy atom. The Labute approximate surface area is 155 Å². The van der Waals surface area contributed by atoms with E-state index in [1.807, 2.05) is 6.92 Å². The smallest absolute Gasteiger partial charge is 0.382 e. The van der Waals surface area contributed by atoms with Crippen molar-refractivity contribution >= 4 is 23.1 Å². The number of nitrogens with zero attached hydrogens (tertiary/aromatic N) is 2. The Morgan fingerprint density at radius 1 is 0.926 bits per heavy atom. The summed E-state index contributed by atoms with van der Waals surface area (Å²) >= 11 is 0. The van der Waals surface area contributed by atoms with Crippen molar-refractivity contribution in [3.05, 3.63) is 80.9 Å². The van der Waals surface area contributed by atoms with E-state index in [1.54, 1.807) is 30.3 Å². The molecule has 1 aliphatic heterocycles. The quantitative estimate of drug-likeness (QED) is 0.450. The fourth-order valence-electron chi connectivity index (χ4n) is 2.79. The van der Waals surface area contributed by atoms with Gasteiger partial charge in [-0.3, -0.25) is 4.79 Å². The molecule has 0 amide bonds. The second kappa shape index (κ2) is 7.41. The molecule has 7 nitrogen and oxygen atoms in total. The van der Waals surface area contributed by atoms with Crippen LogP contribution in [0.5, 0.6) is 0 Å². The molecule has 0 atom stereocenters. The molecule has 7 heteroatoms. The van der Waals surface area contributed by atoms with E-state index < -0.39 is 11.8 Å². The fourth-order valence-corrected chi connectivity index (χ4v) is 2.79. The molecule has 0 unspecified atom stereocenters. The number of hydrogen-bond acceptors (Lipinski definition) is 5. The van der Waals surface area contributed by atoms with Gasteiger partial charge in [-0.2, -0.15) is 0 Å². The van der Waals surface area contributed by atoms with E-state index in [0.29, 0.717) is 21.5 Å². The van der Waals surface area contributed by atoms with Gasteiger partial charge in [-0.15, -0.1) is 0 Å². The third kappa shape index (κ3) is 3.31. The van der Waals surface area contributed by atoms with E-state index in [-0.39, 0.29) is 34.9 Å². The minimum absolute atomic E-state index is 0.00679. The number of nitroso groups, excluding NO2 is 2. The topological polar surface area (TPSA) is 83.5 Å². The highest BCUT2D eigenvalue weighted by Gasteiger charge is 2.49. The summed E-state index contributed by atoms with van der Waals surface area (Å²) in [5.74, 6) is -1.15. The van der Waals surface area contributed by atoms with Gasteiger partial charge in [-0.25, -0.2) is 4.79 Å². The zero-order chi connectivity index (χ0) is 19.6. The molecule has 0 aromatic heterocycles. The van der Waals surface area contributed by atoms with Gasteiger partial charge in [0.2, 0.25) is 0 Å². The molecule has 136 valence electrons. The number of benzene rings is 2. The third-order valence-electron chi connectivity index (χ3n) is 4.19. The SMILES string of the molecule is CCCOC(=O)c1ccc2c(c1)[N+](=O)C(C(=O)c1ccccc1)=C(C)[N+]2=O. The normalized spacial score (nSPS) is 13.4. The molecule has 0 bridgehead atoms. The summed E-state index contributed by atoms with van der Waals surface area (Å²) in [5, 5.41) is 0. The van der Waals surface area contributed by atoms with Crippen molar-refractivity contribution in [2.24, 2.45) is 0 Å². The Kier molecular flexibility index (Phi) is 5.03. The standard InChI is InChI=1S/C20H18N2O5/c1-3-11-27-20(24)15-9-10-16-17(12-15)22(26)18(13(2)21(16)25)19(23)14-7-5-4-6-8-14/h4-10,12H,3,11H2,1-2H3/q+2. The number of Topliss-reactive ketones (excluding diaryl/α,β-unsaturated/α-hetero) is 1. The molecule has 2 aromatic rings. The molecule has 0 fully saturated rings. The second-order valence-electron chi connectivity index (χ2n) is 6.06. The first-order valence-electron chi connectivity index (χ1n) is 8.52. The van der Waals surface area contributed by atoms with E-state index in [4.69, 9.17) is 4.74 Å². The van der Waals surface area contributed by atoms with E-state index in [9.17, 15) is 19.4 Å². The first-order valence-corrected chi connectivity index (χ1v) is 8.52. The van der Waals surface area contributed by atoms with Crippen molar-refractivity contribution in [3.8, 4) is 0 Å². The maximum absolute atomic E-state index is 12.9. The van der Waals surface area contributed by atoms with Crippen molar-refractivity contribution in [2.45, 2.75) is 20.3 Å². The van der Waals surface area contributed by atoms with Crippen LogP contribution < -0.4 is 0 Å². The predicted octanol–water partition coefficient (Wildman–Crippen LogP) is 4.20. The molecule has 0 saturated carbocycles. The van der Waals surface area contributed by atoms with Crippen LogP contribution in [0.2, 0.25) is 0 Å². The molecular weight excluding hydrogens is 348 g/mol. The molecule has 3 rings (SSSR count). The fraction of sp³-hybridized carbons (Fsp3) is 0.200. The zero-order valence-corrected chi connectivity index (χ0v) is 15.0. The van der Waals surface area contributed by atoms with Gasteiger partial charge in [0, 0.05) is 34.4 Å². The van der Waals surface area contributed by atoms with Gasteiger partial charge < -0.3 is 4.74 Å². The molecule has 1 heterocycles. The molecule has 0 spiro atoms. The van der Waals surface area contributed by atoms with Gasteiger partial charge in [-0.05, 0) is 12.5 Å². The lowest BCUT2D eigenvalue weighted by Gasteiger charge is -2.07. The van der Waals surface area contributed by atoms with Crippen LogP contribution in [0.15, 0.2) is 59.9 Å². The van der Waals surface area contributed by atoms with Gasteiger partial charge in [-0.1, -0.05) is 37.3 Å². The maximum Gasteiger partial charge on any atom is 0.382 e. The Balaban J connectivity index is 2.04. The Hall–Kier alpha value is -3.48. The van der Waals surface area contributed by atoms with E-state index in [2.05, 4.69) is 0 Å². The first kappa shape index (κ1) is 18.3. The second-order valence-corrected chi connectivity index (χ2v) is 6.06. The molecular formula is C20H18N2O5+2. The van der Waals surface area contributed by atoms with Crippen LogP contribution in [0.1, 0.15) is 41.0 Å². The highest BCUT2D eigenvalue weighted by molar-refractivity contribution is 6.07. The van der Waals surface area contributed by atoms with Crippen molar-refractivity contribution in [2.75, 3.05) is 6.61 Å². The molecule has 27 heavy (non-hydrogen) atoms. The number of carbonyl (C=O) groups is 2. The number of rotatable bonds is 5. The summed E-state index contributed by atoms with van der Waals surface area (Å²) in [4.78, 5) is 50.3. The van der Waals surface area contributed by atoms with Crippen LogP contribution in [0.3, 0.4) is 0 Å². The van der Waals surface area contributed by atoms with Gasteiger partial charge in [0.05, 0.1) is 21.7 Å². The summed E-state index contributed by atoms with van der Waals surface area (Å²) < 4.78 is 6.00. The largest absolute Gasteiger partial charge is 0.462 e. The van der Waals surface area contributed by atoms with Crippen LogP contribution in [-0.4, -0.2) is 27.9 Å². The molecule has 0 radical (unpaired) electrons. The lowest BCUT2D eigenvalue weighted by Crippen LogP contribution is -2.23. The monoisotopic (exact) mass is 366 g/mol. The summed E-state index contributed by atoms with van der Waals surface area (Å²) in [7, 11) is 0. The number of hydrogen-bond donors (Lipinski definition) is 0. The Bertz CT molecular complexity index is 993. The number of allylic oxidation sites excluding steroid dienone is 2. The van der Waals surface area contributed by atoms with Crippen LogP contribution >= 0.6 is 0 Å². The first-order chi connectivity index (χ1) is 13.0. The number of ketones is 1. The third-order valence-corrected chi connectivity index (χ3v) is 4.19. The molecule has 0 N–H and O–H groups in total. The number of fused-ring (bicyclic) bond motifs is 1. The van der Waals surface area contributed by atoms with Gasteiger partial charge in [0.15, 0.2) is 0 Å². The van der Waals surface area contributed by atoms with E-state index >= 15 is 0 Å².